The van der Waals surface area contributed by atoms with Gasteiger partial charge in [0.25, 0.3) is 0 Å². The summed E-state index contributed by atoms with van der Waals surface area (Å²) in [7, 11) is 2.35. The summed E-state index contributed by atoms with van der Waals surface area (Å²) >= 11 is 6.52. The van der Waals surface area contributed by atoms with Crippen molar-refractivity contribution in [1.29, 1.82) is 0 Å². The summed E-state index contributed by atoms with van der Waals surface area (Å²) in [6.07, 6.45) is 7.83. The molecule has 1 aliphatic heterocycles. The molecule has 1 heterocycles. The lowest BCUT2D eigenvalue weighted by Gasteiger charge is -2.58. The number of fused-ring (bicyclic) bond motifs is 6. The molecule has 1 nitrogen and oxygen atoms in total. The Kier molecular flexibility index (Phi) is 3.56. The van der Waals surface area contributed by atoms with Crippen molar-refractivity contribution in [2.75, 3.05) is 13.6 Å². The highest BCUT2D eigenvalue weighted by Gasteiger charge is 2.57. The van der Waals surface area contributed by atoms with E-state index in [2.05, 4.69) is 60.5 Å². The lowest BCUT2D eigenvalue weighted by Crippen LogP contribution is -2.60. The summed E-state index contributed by atoms with van der Waals surface area (Å²) in [5.74, 6) is 0. The van der Waals surface area contributed by atoms with Gasteiger partial charge in [-0.25, -0.2) is 0 Å². The maximum Gasteiger partial charge on any atom is 0.0409 e. The van der Waals surface area contributed by atoms with E-state index in [0.29, 0.717) is 11.5 Å². The van der Waals surface area contributed by atoms with Crippen LogP contribution in [0.15, 0.2) is 48.5 Å². The Bertz CT molecular complexity index is 793. The molecule has 2 fully saturated rings. The average Bonchev–Trinajstić information content (AvgIpc) is 3.13. The van der Waals surface area contributed by atoms with Crippen molar-refractivity contribution in [3.63, 3.8) is 0 Å². The lowest BCUT2D eigenvalue weighted by molar-refractivity contribution is 0.0544. The minimum atomic E-state index is 0.131. The van der Waals surface area contributed by atoms with Gasteiger partial charge in [-0.2, -0.15) is 0 Å². The second-order valence-corrected chi connectivity index (χ2v) is 8.89. The maximum atomic E-state index is 6.52. The van der Waals surface area contributed by atoms with Crippen LogP contribution >= 0.6 is 11.6 Å². The number of hydrogen-bond acceptors (Lipinski definition) is 1. The van der Waals surface area contributed by atoms with Gasteiger partial charge in [0.15, 0.2) is 0 Å². The SMILES string of the molecule is CN1CCC2(c3ccccc3)CC1C1(CCCC1)c1ccc(Cl)cc12. The zero-order valence-corrected chi connectivity index (χ0v) is 15.7. The molecule has 2 bridgehead atoms. The first-order chi connectivity index (χ1) is 12.2. The van der Waals surface area contributed by atoms with E-state index in [0.717, 1.165) is 5.02 Å². The molecule has 25 heavy (non-hydrogen) atoms. The largest absolute Gasteiger partial charge is 0.302 e. The van der Waals surface area contributed by atoms with Crippen LogP contribution in [-0.4, -0.2) is 24.5 Å². The van der Waals surface area contributed by atoms with Crippen LogP contribution < -0.4 is 0 Å². The number of rotatable bonds is 1. The van der Waals surface area contributed by atoms with E-state index in [1.165, 1.54) is 56.2 Å². The van der Waals surface area contributed by atoms with Gasteiger partial charge < -0.3 is 4.90 Å². The Morgan fingerprint density at radius 2 is 1.72 bits per heavy atom. The Morgan fingerprint density at radius 3 is 2.48 bits per heavy atom. The second-order valence-electron chi connectivity index (χ2n) is 8.45. The van der Waals surface area contributed by atoms with Gasteiger partial charge in [-0.05, 0) is 68.1 Å². The fraction of sp³-hybridized carbons (Fsp3) is 0.478. The van der Waals surface area contributed by atoms with Crippen LogP contribution in [-0.2, 0) is 10.8 Å². The Balaban J connectivity index is 1.80. The van der Waals surface area contributed by atoms with Crippen LogP contribution in [0.5, 0.6) is 0 Å². The molecule has 0 amide bonds. The Morgan fingerprint density at radius 1 is 0.960 bits per heavy atom. The average molecular weight is 352 g/mol. The normalized spacial score (nSPS) is 30.4. The summed E-state index contributed by atoms with van der Waals surface area (Å²) in [6.45, 7) is 1.17. The molecule has 3 aliphatic rings. The van der Waals surface area contributed by atoms with E-state index >= 15 is 0 Å². The summed E-state index contributed by atoms with van der Waals surface area (Å²) in [5, 5.41) is 0.889. The van der Waals surface area contributed by atoms with Gasteiger partial charge in [0, 0.05) is 21.9 Å². The molecule has 1 spiro atoms. The van der Waals surface area contributed by atoms with Crippen LogP contribution in [0.1, 0.15) is 55.2 Å². The number of hydrogen-bond donors (Lipinski definition) is 0. The molecule has 2 heteroatoms. The van der Waals surface area contributed by atoms with Crippen molar-refractivity contribution in [1.82, 2.24) is 4.90 Å². The first kappa shape index (κ1) is 15.9. The summed E-state index contributed by atoms with van der Waals surface area (Å²) in [6, 6.07) is 18.6. The predicted molar refractivity (Wildman–Crippen MR) is 104 cm³/mol. The molecule has 130 valence electrons. The monoisotopic (exact) mass is 351 g/mol. The maximum absolute atomic E-state index is 6.52. The molecule has 2 unspecified atom stereocenters. The third kappa shape index (κ3) is 2.12. The van der Waals surface area contributed by atoms with Crippen molar-refractivity contribution in [2.45, 2.75) is 55.4 Å². The molecule has 5 rings (SSSR count). The van der Waals surface area contributed by atoms with E-state index < -0.39 is 0 Å². The topological polar surface area (TPSA) is 3.24 Å². The van der Waals surface area contributed by atoms with Crippen molar-refractivity contribution in [3.8, 4) is 0 Å². The molecular weight excluding hydrogens is 326 g/mol. The molecule has 1 saturated carbocycles. The smallest absolute Gasteiger partial charge is 0.0409 e. The van der Waals surface area contributed by atoms with E-state index in [1.807, 2.05) is 0 Å². The highest BCUT2D eigenvalue weighted by molar-refractivity contribution is 6.30. The van der Waals surface area contributed by atoms with Crippen LogP contribution in [0.25, 0.3) is 0 Å². The van der Waals surface area contributed by atoms with Gasteiger partial charge in [0.05, 0.1) is 0 Å². The van der Waals surface area contributed by atoms with Crippen molar-refractivity contribution in [2.24, 2.45) is 0 Å². The van der Waals surface area contributed by atoms with Gasteiger partial charge in [0.1, 0.15) is 0 Å². The number of likely N-dealkylation sites (tertiary alicyclic amines) is 1. The molecule has 1 saturated heterocycles. The van der Waals surface area contributed by atoms with Gasteiger partial charge in [-0.1, -0.05) is 60.8 Å². The second kappa shape index (κ2) is 5.59. The Hall–Kier alpha value is -1.31. The molecule has 2 aromatic rings. The number of piperidine rings is 1. The summed E-state index contributed by atoms with van der Waals surface area (Å²) in [5.41, 5.74) is 5.07. The molecule has 2 atom stereocenters. The third-order valence-electron chi connectivity index (χ3n) is 7.46. The highest BCUT2D eigenvalue weighted by atomic mass is 35.5. The van der Waals surface area contributed by atoms with Gasteiger partial charge in [-0.3, -0.25) is 0 Å². The zero-order valence-electron chi connectivity index (χ0n) is 15.0. The molecule has 2 aliphatic carbocycles. The van der Waals surface area contributed by atoms with E-state index in [4.69, 9.17) is 11.6 Å². The number of halogens is 1. The van der Waals surface area contributed by atoms with Crippen molar-refractivity contribution >= 4 is 11.6 Å². The minimum absolute atomic E-state index is 0.131. The standard InChI is InChI=1S/C23H26ClN/c1-25-14-13-23(17-7-3-2-4-8-17)16-21(25)22(11-5-6-12-22)19-10-9-18(24)15-20(19)23/h2-4,7-10,15,21H,5-6,11-14,16H2,1H3. The molecule has 2 aromatic carbocycles. The van der Waals surface area contributed by atoms with Crippen LogP contribution in [0.3, 0.4) is 0 Å². The van der Waals surface area contributed by atoms with Gasteiger partial charge in [0.2, 0.25) is 0 Å². The molecule has 0 radical (unpaired) electrons. The van der Waals surface area contributed by atoms with Gasteiger partial charge >= 0.3 is 0 Å². The van der Waals surface area contributed by atoms with E-state index in [1.54, 1.807) is 5.56 Å². The lowest BCUT2D eigenvalue weighted by atomic mass is 9.52. The Labute approximate surface area is 156 Å². The highest BCUT2D eigenvalue weighted by Crippen LogP contribution is 2.59. The summed E-state index contributed by atoms with van der Waals surface area (Å²) in [4.78, 5) is 2.66. The third-order valence-corrected chi connectivity index (χ3v) is 7.69. The van der Waals surface area contributed by atoms with Crippen LogP contribution in [0.2, 0.25) is 5.02 Å². The van der Waals surface area contributed by atoms with E-state index in [-0.39, 0.29) is 5.41 Å². The number of benzene rings is 2. The summed E-state index contributed by atoms with van der Waals surface area (Å²) < 4.78 is 0. The van der Waals surface area contributed by atoms with Crippen LogP contribution in [0, 0.1) is 0 Å². The van der Waals surface area contributed by atoms with E-state index in [9.17, 15) is 0 Å². The van der Waals surface area contributed by atoms with Crippen molar-refractivity contribution in [3.05, 3.63) is 70.2 Å². The number of nitrogens with zero attached hydrogens (tertiary/aromatic N) is 1. The zero-order chi connectivity index (χ0) is 17.1. The molecule has 0 aromatic heterocycles. The number of likely N-dealkylation sites (N-methyl/N-ethyl adjacent to an activating group) is 1. The van der Waals surface area contributed by atoms with Gasteiger partial charge in [-0.15, -0.1) is 0 Å². The quantitative estimate of drug-likeness (QED) is 0.651. The van der Waals surface area contributed by atoms with Crippen molar-refractivity contribution < 1.29 is 0 Å². The first-order valence-electron chi connectivity index (χ1n) is 9.72. The molecular formula is C23H26ClN. The molecule has 0 N–H and O–H groups in total. The first-order valence-corrected chi connectivity index (χ1v) is 10.1. The fourth-order valence-corrected chi connectivity index (χ4v) is 6.45. The fourth-order valence-electron chi connectivity index (χ4n) is 6.28. The van der Waals surface area contributed by atoms with Crippen LogP contribution in [0.4, 0.5) is 0 Å². The predicted octanol–water partition coefficient (Wildman–Crippen LogP) is 5.55. The minimum Gasteiger partial charge on any atom is -0.302 e.